The average Bonchev–Trinajstić information content (AvgIpc) is 2.46. The normalized spacial score (nSPS) is 12.9. The lowest BCUT2D eigenvalue weighted by molar-refractivity contribution is 0.801. The van der Waals surface area contributed by atoms with Crippen LogP contribution in [0.15, 0.2) is 48.5 Å². The molecule has 0 bridgehead atoms. The molecule has 1 atom stereocenters. The third-order valence-electron chi connectivity index (χ3n) is 3.76. The maximum Gasteiger partial charge on any atom is 0.0840 e. The van der Waals surface area contributed by atoms with E-state index in [-0.39, 0.29) is 5.38 Å². The SMILES string of the molecule is CC(C)c1cccc(C(C)C)c1C(Cl)c1ccccc1. The number of halogens is 1. The summed E-state index contributed by atoms with van der Waals surface area (Å²) in [6.07, 6.45) is 0. The van der Waals surface area contributed by atoms with Crippen LogP contribution in [0, 0.1) is 0 Å². The first-order valence-electron chi connectivity index (χ1n) is 7.34. The number of alkyl halides is 1. The van der Waals surface area contributed by atoms with E-state index in [2.05, 4.69) is 70.2 Å². The van der Waals surface area contributed by atoms with Gasteiger partial charge in [0, 0.05) is 0 Å². The Labute approximate surface area is 127 Å². The van der Waals surface area contributed by atoms with E-state index in [1.165, 1.54) is 22.3 Å². The molecule has 0 fully saturated rings. The van der Waals surface area contributed by atoms with Gasteiger partial charge in [0.2, 0.25) is 0 Å². The lowest BCUT2D eigenvalue weighted by atomic mass is 9.85. The van der Waals surface area contributed by atoms with Crippen molar-refractivity contribution in [1.29, 1.82) is 0 Å². The van der Waals surface area contributed by atoms with Crippen molar-refractivity contribution in [2.24, 2.45) is 0 Å². The minimum absolute atomic E-state index is 0.0767. The van der Waals surface area contributed by atoms with E-state index in [0.717, 1.165) is 0 Å². The molecule has 0 aliphatic heterocycles. The minimum Gasteiger partial charge on any atom is -0.113 e. The number of rotatable bonds is 4. The molecule has 0 heterocycles. The van der Waals surface area contributed by atoms with Gasteiger partial charge in [-0.15, -0.1) is 11.6 Å². The topological polar surface area (TPSA) is 0 Å². The number of benzene rings is 2. The van der Waals surface area contributed by atoms with Crippen LogP contribution in [0.3, 0.4) is 0 Å². The summed E-state index contributed by atoms with van der Waals surface area (Å²) >= 11 is 6.83. The molecule has 0 spiro atoms. The third kappa shape index (κ3) is 3.07. The van der Waals surface area contributed by atoms with E-state index in [1.54, 1.807) is 0 Å². The van der Waals surface area contributed by atoms with Crippen molar-refractivity contribution in [2.75, 3.05) is 0 Å². The number of hydrogen-bond donors (Lipinski definition) is 0. The second-order valence-corrected chi connectivity index (χ2v) is 6.37. The predicted molar refractivity (Wildman–Crippen MR) is 88.8 cm³/mol. The zero-order chi connectivity index (χ0) is 14.7. The molecule has 0 N–H and O–H groups in total. The Morgan fingerprint density at radius 3 is 1.65 bits per heavy atom. The minimum atomic E-state index is -0.0767. The van der Waals surface area contributed by atoms with Gasteiger partial charge in [0.05, 0.1) is 5.38 Å². The van der Waals surface area contributed by atoms with Crippen LogP contribution in [0.2, 0.25) is 0 Å². The van der Waals surface area contributed by atoms with Crippen LogP contribution in [-0.4, -0.2) is 0 Å². The highest BCUT2D eigenvalue weighted by Gasteiger charge is 2.21. The van der Waals surface area contributed by atoms with E-state index in [4.69, 9.17) is 11.6 Å². The van der Waals surface area contributed by atoms with Crippen molar-refractivity contribution in [3.05, 3.63) is 70.8 Å². The molecule has 1 unspecified atom stereocenters. The van der Waals surface area contributed by atoms with E-state index in [0.29, 0.717) is 11.8 Å². The molecule has 20 heavy (non-hydrogen) atoms. The molecule has 0 saturated heterocycles. The summed E-state index contributed by atoms with van der Waals surface area (Å²) in [5.74, 6) is 0.960. The maximum absolute atomic E-state index is 6.83. The van der Waals surface area contributed by atoms with Gasteiger partial charge in [0.1, 0.15) is 0 Å². The van der Waals surface area contributed by atoms with Crippen LogP contribution in [-0.2, 0) is 0 Å². The molecule has 106 valence electrons. The zero-order valence-corrected chi connectivity index (χ0v) is 13.5. The molecule has 0 amide bonds. The van der Waals surface area contributed by atoms with Crippen LogP contribution in [0.5, 0.6) is 0 Å². The van der Waals surface area contributed by atoms with Gasteiger partial charge in [0.15, 0.2) is 0 Å². The first-order chi connectivity index (χ1) is 9.52. The van der Waals surface area contributed by atoms with Crippen molar-refractivity contribution in [3.63, 3.8) is 0 Å². The van der Waals surface area contributed by atoms with E-state index < -0.39 is 0 Å². The average molecular weight is 287 g/mol. The fourth-order valence-corrected chi connectivity index (χ4v) is 3.09. The molecule has 2 aromatic rings. The van der Waals surface area contributed by atoms with Crippen LogP contribution >= 0.6 is 11.6 Å². The first kappa shape index (κ1) is 15.1. The molecule has 2 rings (SSSR count). The summed E-state index contributed by atoms with van der Waals surface area (Å²) in [6, 6.07) is 16.9. The zero-order valence-electron chi connectivity index (χ0n) is 12.7. The highest BCUT2D eigenvalue weighted by atomic mass is 35.5. The Morgan fingerprint density at radius 1 is 0.700 bits per heavy atom. The third-order valence-corrected chi connectivity index (χ3v) is 4.23. The Bertz CT molecular complexity index is 529. The Kier molecular flexibility index (Phi) is 4.88. The molecule has 2 aromatic carbocycles. The molecule has 0 aromatic heterocycles. The molecule has 0 nitrogen and oxygen atoms in total. The van der Waals surface area contributed by atoms with Crippen LogP contribution in [0.4, 0.5) is 0 Å². The van der Waals surface area contributed by atoms with Crippen molar-refractivity contribution >= 4 is 11.6 Å². The fraction of sp³-hybridized carbons (Fsp3) is 0.368. The van der Waals surface area contributed by atoms with Gasteiger partial charge >= 0.3 is 0 Å². The predicted octanol–water partition coefficient (Wildman–Crippen LogP) is 6.26. The van der Waals surface area contributed by atoms with Crippen molar-refractivity contribution in [1.82, 2.24) is 0 Å². The highest BCUT2D eigenvalue weighted by molar-refractivity contribution is 6.22. The van der Waals surface area contributed by atoms with Gasteiger partial charge in [-0.05, 0) is 34.1 Å². The summed E-state index contributed by atoms with van der Waals surface area (Å²) in [4.78, 5) is 0. The van der Waals surface area contributed by atoms with Gasteiger partial charge in [-0.1, -0.05) is 76.2 Å². The summed E-state index contributed by atoms with van der Waals surface area (Å²) in [5, 5.41) is -0.0767. The largest absolute Gasteiger partial charge is 0.113 e. The van der Waals surface area contributed by atoms with Crippen LogP contribution in [0.1, 0.15) is 67.2 Å². The summed E-state index contributed by atoms with van der Waals surface area (Å²) in [5.41, 5.74) is 5.19. The van der Waals surface area contributed by atoms with Gasteiger partial charge in [-0.2, -0.15) is 0 Å². The van der Waals surface area contributed by atoms with Gasteiger partial charge < -0.3 is 0 Å². The molecule has 0 aliphatic rings. The van der Waals surface area contributed by atoms with Crippen molar-refractivity contribution < 1.29 is 0 Å². The monoisotopic (exact) mass is 286 g/mol. The fourth-order valence-electron chi connectivity index (χ4n) is 2.69. The van der Waals surface area contributed by atoms with E-state index in [1.807, 2.05) is 6.07 Å². The lowest BCUT2D eigenvalue weighted by Gasteiger charge is -2.23. The molecular formula is C19H23Cl. The standard InChI is InChI=1S/C19H23Cl/c1-13(2)16-11-8-12-17(14(3)4)18(16)19(20)15-9-6-5-7-10-15/h5-14,19H,1-4H3. The Hall–Kier alpha value is -1.27. The molecular weight excluding hydrogens is 264 g/mol. The molecule has 0 saturated carbocycles. The number of hydrogen-bond acceptors (Lipinski definition) is 0. The van der Waals surface area contributed by atoms with Crippen LogP contribution in [0.25, 0.3) is 0 Å². The summed E-state index contributed by atoms with van der Waals surface area (Å²) in [6.45, 7) is 8.93. The highest BCUT2D eigenvalue weighted by Crippen LogP contribution is 2.38. The van der Waals surface area contributed by atoms with Crippen molar-refractivity contribution in [3.8, 4) is 0 Å². The molecule has 1 heteroatoms. The second-order valence-electron chi connectivity index (χ2n) is 5.93. The van der Waals surface area contributed by atoms with Crippen LogP contribution < -0.4 is 0 Å². The quantitative estimate of drug-likeness (QED) is 0.582. The lowest BCUT2D eigenvalue weighted by Crippen LogP contribution is -2.06. The van der Waals surface area contributed by atoms with E-state index in [9.17, 15) is 0 Å². The van der Waals surface area contributed by atoms with Gasteiger partial charge in [0.25, 0.3) is 0 Å². The summed E-state index contributed by atoms with van der Waals surface area (Å²) < 4.78 is 0. The van der Waals surface area contributed by atoms with Crippen molar-refractivity contribution in [2.45, 2.75) is 44.9 Å². The molecule has 0 aliphatic carbocycles. The van der Waals surface area contributed by atoms with E-state index >= 15 is 0 Å². The Morgan fingerprint density at radius 2 is 1.20 bits per heavy atom. The molecule has 0 radical (unpaired) electrons. The first-order valence-corrected chi connectivity index (χ1v) is 7.77. The second kappa shape index (κ2) is 6.45. The maximum atomic E-state index is 6.83. The Balaban J connectivity index is 2.58. The smallest absolute Gasteiger partial charge is 0.0840 e. The van der Waals surface area contributed by atoms with Gasteiger partial charge in [-0.3, -0.25) is 0 Å². The summed E-state index contributed by atoms with van der Waals surface area (Å²) in [7, 11) is 0. The van der Waals surface area contributed by atoms with Gasteiger partial charge in [-0.25, -0.2) is 0 Å².